The molecule has 1 saturated carbocycles. The molecule has 1 aliphatic rings. The van der Waals surface area contributed by atoms with E-state index in [1.807, 2.05) is 6.92 Å². The average Bonchev–Trinajstić information content (AvgIpc) is 2.32. The Labute approximate surface area is 108 Å². The smallest absolute Gasteiger partial charge is 0.255 e. The van der Waals surface area contributed by atoms with E-state index in [1.165, 1.54) is 19.3 Å². The van der Waals surface area contributed by atoms with Crippen LogP contribution in [0.1, 0.15) is 48.7 Å². The van der Waals surface area contributed by atoms with Crippen LogP contribution in [0.5, 0.6) is 0 Å². The molecule has 0 aliphatic heterocycles. The number of nitrogens with two attached hydrogens (primary N) is 1. The highest BCUT2D eigenvalue weighted by molar-refractivity contribution is 5.99. The van der Waals surface area contributed by atoms with Crippen LogP contribution in [0.15, 0.2) is 12.3 Å². The van der Waals surface area contributed by atoms with Gasteiger partial charge in [-0.15, -0.1) is 0 Å². The highest BCUT2D eigenvalue weighted by Gasteiger charge is 2.23. The van der Waals surface area contributed by atoms with Gasteiger partial charge in [-0.3, -0.25) is 9.78 Å². The van der Waals surface area contributed by atoms with Gasteiger partial charge in [0.1, 0.15) is 0 Å². The van der Waals surface area contributed by atoms with Crippen LogP contribution in [0.25, 0.3) is 0 Å². The minimum atomic E-state index is -0.0984. The number of amides is 1. The van der Waals surface area contributed by atoms with Gasteiger partial charge in [0, 0.05) is 23.6 Å². The van der Waals surface area contributed by atoms with Gasteiger partial charge < -0.3 is 11.1 Å². The first kappa shape index (κ1) is 12.9. The van der Waals surface area contributed by atoms with E-state index >= 15 is 0 Å². The SMILES string of the molecule is Cc1cc(N)c(C(=O)NC2CCCCC2C)cn1. The Hall–Kier alpha value is -1.58. The second-order valence-electron chi connectivity index (χ2n) is 5.25. The molecular formula is C14H21N3O. The van der Waals surface area contributed by atoms with Crippen LogP contribution in [0.4, 0.5) is 5.69 Å². The van der Waals surface area contributed by atoms with Crippen molar-refractivity contribution in [2.24, 2.45) is 5.92 Å². The summed E-state index contributed by atoms with van der Waals surface area (Å²) in [6.45, 7) is 4.06. The molecule has 0 saturated heterocycles. The molecule has 2 atom stereocenters. The largest absolute Gasteiger partial charge is 0.398 e. The number of carbonyl (C=O) groups is 1. The molecule has 1 aromatic heterocycles. The molecule has 18 heavy (non-hydrogen) atoms. The van der Waals surface area contributed by atoms with Crippen LogP contribution >= 0.6 is 0 Å². The molecule has 0 aromatic carbocycles. The maximum atomic E-state index is 12.2. The van der Waals surface area contributed by atoms with E-state index < -0.39 is 0 Å². The Morgan fingerprint density at radius 1 is 1.44 bits per heavy atom. The Morgan fingerprint density at radius 2 is 2.17 bits per heavy atom. The standard InChI is InChI=1S/C14H21N3O/c1-9-5-3-4-6-13(9)17-14(18)11-8-16-10(2)7-12(11)15/h7-9,13H,3-6H2,1-2H3,(H2,15,16)(H,17,18). The van der Waals surface area contributed by atoms with E-state index in [2.05, 4.69) is 17.2 Å². The zero-order chi connectivity index (χ0) is 13.1. The van der Waals surface area contributed by atoms with Gasteiger partial charge in [-0.05, 0) is 31.7 Å². The number of nitrogen functional groups attached to an aromatic ring is 1. The predicted octanol–water partition coefficient (Wildman–Crippen LogP) is 2.28. The van der Waals surface area contributed by atoms with E-state index in [4.69, 9.17) is 5.73 Å². The van der Waals surface area contributed by atoms with Gasteiger partial charge in [0.25, 0.3) is 5.91 Å². The van der Waals surface area contributed by atoms with E-state index in [0.717, 1.165) is 12.1 Å². The number of anilines is 1. The van der Waals surface area contributed by atoms with E-state index in [0.29, 0.717) is 17.2 Å². The highest BCUT2D eigenvalue weighted by Crippen LogP contribution is 2.24. The second kappa shape index (κ2) is 5.38. The molecule has 1 aliphatic carbocycles. The quantitative estimate of drug-likeness (QED) is 0.842. The number of hydrogen-bond acceptors (Lipinski definition) is 3. The summed E-state index contributed by atoms with van der Waals surface area (Å²) in [4.78, 5) is 16.3. The number of nitrogens with zero attached hydrogens (tertiary/aromatic N) is 1. The van der Waals surface area contributed by atoms with Crippen LogP contribution in [0, 0.1) is 12.8 Å². The van der Waals surface area contributed by atoms with Gasteiger partial charge in [0.2, 0.25) is 0 Å². The third-order valence-electron chi connectivity index (χ3n) is 3.75. The van der Waals surface area contributed by atoms with E-state index in [-0.39, 0.29) is 11.9 Å². The summed E-state index contributed by atoms with van der Waals surface area (Å²) in [5.74, 6) is 0.445. The molecule has 1 fully saturated rings. The fourth-order valence-corrected chi connectivity index (χ4v) is 2.55. The number of hydrogen-bond donors (Lipinski definition) is 2. The molecule has 98 valence electrons. The van der Waals surface area contributed by atoms with E-state index in [9.17, 15) is 4.79 Å². The lowest BCUT2D eigenvalue weighted by Gasteiger charge is -2.29. The Kier molecular flexibility index (Phi) is 3.84. The van der Waals surface area contributed by atoms with Crippen LogP contribution in [0.2, 0.25) is 0 Å². The average molecular weight is 247 g/mol. The second-order valence-corrected chi connectivity index (χ2v) is 5.25. The lowest BCUT2D eigenvalue weighted by molar-refractivity contribution is 0.0911. The zero-order valence-corrected chi connectivity index (χ0v) is 11.1. The summed E-state index contributed by atoms with van der Waals surface area (Å²) in [5, 5.41) is 3.09. The summed E-state index contributed by atoms with van der Waals surface area (Å²) in [7, 11) is 0. The summed E-state index contributed by atoms with van der Waals surface area (Å²) in [6, 6.07) is 2.01. The minimum absolute atomic E-state index is 0.0984. The molecule has 4 heteroatoms. The molecule has 1 amide bonds. The van der Waals surface area contributed by atoms with Crippen molar-refractivity contribution in [1.82, 2.24) is 10.3 Å². The van der Waals surface area contributed by atoms with E-state index in [1.54, 1.807) is 12.3 Å². The minimum Gasteiger partial charge on any atom is -0.398 e. The molecule has 1 aromatic rings. The van der Waals surface area contributed by atoms with Gasteiger partial charge >= 0.3 is 0 Å². The normalized spacial score (nSPS) is 23.7. The molecule has 1 heterocycles. The number of pyridine rings is 1. The number of nitrogens with one attached hydrogen (secondary N) is 1. The molecule has 4 nitrogen and oxygen atoms in total. The summed E-state index contributed by atoms with van der Waals surface area (Å²) in [6.07, 6.45) is 6.27. The van der Waals surface area contributed by atoms with Gasteiger partial charge in [-0.1, -0.05) is 19.8 Å². The van der Waals surface area contributed by atoms with Crippen molar-refractivity contribution in [2.75, 3.05) is 5.73 Å². The number of aromatic nitrogens is 1. The summed E-state index contributed by atoms with van der Waals surface area (Å²) >= 11 is 0. The zero-order valence-electron chi connectivity index (χ0n) is 11.1. The van der Waals surface area contributed by atoms with Crippen molar-refractivity contribution in [2.45, 2.75) is 45.6 Å². The topological polar surface area (TPSA) is 68.0 Å². The van der Waals surface area contributed by atoms with Gasteiger partial charge in [-0.2, -0.15) is 0 Å². The van der Waals surface area contributed by atoms with Gasteiger partial charge in [0.05, 0.1) is 5.56 Å². The Bertz CT molecular complexity index is 445. The van der Waals surface area contributed by atoms with Gasteiger partial charge in [-0.25, -0.2) is 0 Å². The van der Waals surface area contributed by atoms with Crippen LogP contribution in [-0.4, -0.2) is 16.9 Å². The molecule has 0 spiro atoms. The maximum Gasteiger partial charge on any atom is 0.255 e. The third-order valence-corrected chi connectivity index (χ3v) is 3.75. The van der Waals surface area contributed by atoms with Crippen LogP contribution in [-0.2, 0) is 0 Å². The van der Waals surface area contributed by atoms with Crippen molar-refractivity contribution in [3.8, 4) is 0 Å². The Morgan fingerprint density at radius 3 is 2.83 bits per heavy atom. The predicted molar refractivity (Wildman–Crippen MR) is 72.3 cm³/mol. The number of rotatable bonds is 2. The molecule has 2 unspecified atom stereocenters. The lowest BCUT2D eigenvalue weighted by atomic mass is 9.86. The highest BCUT2D eigenvalue weighted by atomic mass is 16.1. The molecule has 3 N–H and O–H groups in total. The van der Waals surface area contributed by atoms with Crippen molar-refractivity contribution in [1.29, 1.82) is 0 Å². The first-order chi connectivity index (χ1) is 8.58. The summed E-state index contributed by atoms with van der Waals surface area (Å²) in [5.41, 5.74) is 7.68. The first-order valence-corrected chi connectivity index (χ1v) is 6.61. The summed E-state index contributed by atoms with van der Waals surface area (Å²) < 4.78 is 0. The van der Waals surface area contributed by atoms with Gasteiger partial charge in [0.15, 0.2) is 0 Å². The monoisotopic (exact) mass is 247 g/mol. The number of aryl methyl sites for hydroxylation is 1. The third kappa shape index (κ3) is 2.81. The van der Waals surface area contributed by atoms with Crippen LogP contribution < -0.4 is 11.1 Å². The first-order valence-electron chi connectivity index (χ1n) is 6.61. The van der Waals surface area contributed by atoms with Crippen LogP contribution in [0.3, 0.4) is 0 Å². The maximum absolute atomic E-state index is 12.2. The van der Waals surface area contributed by atoms with Crippen molar-refractivity contribution in [3.05, 3.63) is 23.5 Å². The fourth-order valence-electron chi connectivity index (χ4n) is 2.55. The number of carbonyl (C=O) groups excluding carboxylic acids is 1. The van der Waals surface area contributed by atoms with Crippen molar-refractivity contribution >= 4 is 11.6 Å². The molecule has 2 rings (SSSR count). The fraction of sp³-hybridized carbons (Fsp3) is 0.571. The molecule has 0 bridgehead atoms. The molecule has 0 radical (unpaired) electrons. The van der Waals surface area contributed by atoms with Crippen molar-refractivity contribution < 1.29 is 4.79 Å². The van der Waals surface area contributed by atoms with Crippen molar-refractivity contribution in [3.63, 3.8) is 0 Å². The lowest BCUT2D eigenvalue weighted by Crippen LogP contribution is -2.41. The molecular weight excluding hydrogens is 226 g/mol. The Balaban J connectivity index is 2.07.